The summed E-state index contributed by atoms with van der Waals surface area (Å²) in [5.41, 5.74) is -0.353. The Morgan fingerprint density at radius 2 is 1.89 bits per heavy atom. The highest BCUT2D eigenvalue weighted by Crippen LogP contribution is 2.30. The van der Waals surface area contributed by atoms with Crippen LogP contribution >= 0.6 is 33.9 Å². The van der Waals surface area contributed by atoms with Gasteiger partial charge in [0, 0.05) is 10.7 Å². The highest BCUT2D eigenvalue weighted by atomic mass is 35.7. The van der Waals surface area contributed by atoms with E-state index in [1.165, 1.54) is 0 Å². The van der Waals surface area contributed by atoms with Gasteiger partial charge in [-0.2, -0.15) is 0 Å². The third kappa shape index (κ3) is 4.45. The topological polar surface area (TPSA) is 63.2 Å². The summed E-state index contributed by atoms with van der Waals surface area (Å²) in [5.74, 6) is -0.977. The zero-order chi connectivity index (χ0) is 14.8. The Hall–Kier alpha value is -0.630. The number of alkyl halides is 2. The maximum Gasteiger partial charge on any atom is 0.261 e. The Bertz CT molecular complexity index is 607. The van der Waals surface area contributed by atoms with Crippen LogP contribution in [0.2, 0.25) is 10.0 Å². The molecule has 0 radical (unpaired) electrons. The molecule has 0 aromatic heterocycles. The van der Waals surface area contributed by atoms with Crippen molar-refractivity contribution in [2.24, 2.45) is 0 Å². The second-order valence-corrected chi connectivity index (χ2v) is 6.66. The third-order valence-electron chi connectivity index (χ3n) is 1.94. The first-order valence-electron chi connectivity index (χ1n) is 4.63. The van der Waals surface area contributed by atoms with Gasteiger partial charge in [-0.05, 0) is 12.1 Å². The van der Waals surface area contributed by atoms with E-state index in [1.54, 1.807) is 0 Å². The normalized spacial score (nSPS) is 11.7. The van der Waals surface area contributed by atoms with E-state index < -0.39 is 32.8 Å². The van der Waals surface area contributed by atoms with Gasteiger partial charge >= 0.3 is 0 Å². The van der Waals surface area contributed by atoms with Crippen molar-refractivity contribution in [3.63, 3.8) is 0 Å². The summed E-state index contributed by atoms with van der Waals surface area (Å²) >= 11 is 11.4. The van der Waals surface area contributed by atoms with E-state index in [-0.39, 0.29) is 15.6 Å². The van der Waals surface area contributed by atoms with Crippen LogP contribution in [0.1, 0.15) is 10.4 Å². The number of hydrogen-bond acceptors (Lipinski definition) is 3. The SMILES string of the molecule is O=C(NCC(F)F)c1cc(S(=O)(=O)Cl)cc(Cl)c1Cl. The lowest BCUT2D eigenvalue weighted by atomic mass is 10.2. The smallest absolute Gasteiger partial charge is 0.261 e. The lowest BCUT2D eigenvalue weighted by molar-refractivity contribution is 0.0891. The number of nitrogens with one attached hydrogen (secondary N) is 1. The van der Waals surface area contributed by atoms with Crippen LogP contribution in [0.4, 0.5) is 8.78 Å². The van der Waals surface area contributed by atoms with Gasteiger partial charge in [0.25, 0.3) is 21.4 Å². The van der Waals surface area contributed by atoms with E-state index in [0.29, 0.717) is 0 Å². The molecule has 0 atom stereocenters. The zero-order valence-electron chi connectivity index (χ0n) is 8.96. The predicted octanol–water partition coefficient (Wildman–Crippen LogP) is 2.92. The molecule has 1 aromatic carbocycles. The first kappa shape index (κ1) is 16.4. The van der Waals surface area contributed by atoms with Crippen molar-refractivity contribution in [3.05, 3.63) is 27.7 Å². The standard InChI is InChI=1S/C9H6Cl3F2NO3S/c10-6-2-4(19(12,17)18)1-5(8(6)11)9(16)15-3-7(13)14/h1-2,7H,3H2,(H,15,16). The Kier molecular flexibility index (Phi) is 5.37. The molecule has 1 rings (SSSR count). The highest BCUT2D eigenvalue weighted by Gasteiger charge is 2.20. The summed E-state index contributed by atoms with van der Waals surface area (Å²) in [6, 6.07) is 1.81. The number of carbonyl (C=O) groups is 1. The summed E-state index contributed by atoms with van der Waals surface area (Å²) < 4.78 is 46.2. The van der Waals surface area contributed by atoms with Crippen LogP contribution in [-0.4, -0.2) is 27.3 Å². The molecule has 0 aliphatic carbocycles. The molecule has 0 aliphatic heterocycles. The molecule has 1 aromatic rings. The molecule has 106 valence electrons. The molecule has 19 heavy (non-hydrogen) atoms. The minimum absolute atomic E-state index is 0.231. The van der Waals surface area contributed by atoms with Crippen LogP contribution in [0.15, 0.2) is 17.0 Å². The fraction of sp³-hybridized carbons (Fsp3) is 0.222. The molecule has 4 nitrogen and oxygen atoms in total. The molecule has 10 heteroatoms. The van der Waals surface area contributed by atoms with Gasteiger partial charge in [0.15, 0.2) is 0 Å². The zero-order valence-corrected chi connectivity index (χ0v) is 12.0. The fourth-order valence-electron chi connectivity index (χ4n) is 1.14. The minimum atomic E-state index is -4.13. The summed E-state index contributed by atoms with van der Waals surface area (Å²) in [4.78, 5) is 11.1. The molecule has 1 N–H and O–H groups in total. The van der Waals surface area contributed by atoms with Crippen LogP contribution < -0.4 is 5.32 Å². The van der Waals surface area contributed by atoms with Crippen molar-refractivity contribution in [1.29, 1.82) is 0 Å². The first-order chi connectivity index (χ1) is 8.62. The van der Waals surface area contributed by atoms with Crippen LogP contribution in [0.5, 0.6) is 0 Å². The van der Waals surface area contributed by atoms with Gasteiger partial charge in [0.1, 0.15) is 0 Å². The van der Waals surface area contributed by atoms with Crippen LogP contribution in [0.25, 0.3) is 0 Å². The van der Waals surface area contributed by atoms with Gasteiger partial charge in [-0.25, -0.2) is 17.2 Å². The van der Waals surface area contributed by atoms with Gasteiger partial charge in [0.05, 0.1) is 27.0 Å². The molecular weight excluding hydrogens is 347 g/mol. The van der Waals surface area contributed by atoms with Crippen molar-refractivity contribution in [2.75, 3.05) is 6.54 Å². The molecule has 0 fully saturated rings. The van der Waals surface area contributed by atoms with Crippen LogP contribution in [0, 0.1) is 0 Å². The molecule has 0 aliphatic rings. The van der Waals surface area contributed by atoms with E-state index in [2.05, 4.69) is 0 Å². The Morgan fingerprint density at radius 1 is 1.32 bits per heavy atom. The summed E-state index contributed by atoms with van der Waals surface area (Å²) in [5, 5.41) is 1.39. The van der Waals surface area contributed by atoms with Crippen molar-refractivity contribution in [1.82, 2.24) is 5.32 Å². The third-order valence-corrected chi connectivity index (χ3v) is 4.08. The molecule has 1 amide bonds. The van der Waals surface area contributed by atoms with E-state index >= 15 is 0 Å². The molecular formula is C9H6Cl3F2NO3S. The second-order valence-electron chi connectivity index (χ2n) is 3.31. The van der Waals surface area contributed by atoms with Crippen LogP contribution in [0.3, 0.4) is 0 Å². The number of amides is 1. The highest BCUT2D eigenvalue weighted by molar-refractivity contribution is 8.13. The number of rotatable bonds is 4. The first-order valence-corrected chi connectivity index (χ1v) is 7.69. The average Bonchev–Trinajstić information content (AvgIpc) is 2.27. The van der Waals surface area contributed by atoms with Crippen molar-refractivity contribution in [2.45, 2.75) is 11.3 Å². The Morgan fingerprint density at radius 3 is 2.37 bits per heavy atom. The van der Waals surface area contributed by atoms with E-state index in [4.69, 9.17) is 33.9 Å². The van der Waals surface area contributed by atoms with Gasteiger partial charge in [0.2, 0.25) is 0 Å². The van der Waals surface area contributed by atoms with Crippen molar-refractivity contribution < 1.29 is 22.0 Å². The molecule has 0 bridgehead atoms. The minimum Gasteiger partial charge on any atom is -0.346 e. The second kappa shape index (κ2) is 6.21. The lowest BCUT2D eigenvalue weighted by Crippen LogP contribution is -2.28. The van der Waals surface area contributed by atoms with Crippen LogP contribution in [-0.2, 0) is 9.05 Å². The van der Waals surface area contributed by atoms with Crippen molar-refractivity contribution in [3.8, 4) is 0 Å². The predicted molar refractivity (Wildman–Crippen MR) is 67.8 cm³/mol. The lowest BCUT2D eigenvalue weighted by Gasteiger charge is -2.09. The van der Waals surface area contributed by atoms with E-state index in [9.17, 15) is 22.0 Å². The quantitative estimate of drug-likeness (QED) is 0.848. The Labute approximate surface area is 122 Å². The van der Waals surface area contributed by atoms with E-state index in [0.717, 1.165) is 12.1 Å². The van der Waals surface area contributed by atoms with Gasteiger partial charge in [-0.15, -0.1) is 0 Å². The Balaban J connectivity index is 3.20. The molecule has 0 saturated heterocycles. The maximum absolute atomic E-state index is 12.0. The monoisotopic (exact) mass is 351 g/mol. The summed E-state index contributed by atoms with van der Waals surface area (Å²) in [6.45, 7) is -0.898. The summed E-state index contributed by atoms with van der Waals surface area (Å²) in [6.07, 6.45) is -2.75. The van der Waals surface area contributed by atoms with Gasteiger partial charge in [-0.3, -0.25) is 4.79 Å². The number of benzene rings is 1. The summed E-state index contributed by atoms with van der Waals surface area (Å²) in [7, 11) is 0.977. The largest absolute Gasteiger partial charge is 0.346 e. The molecule has 0 saturated carbocycles. The number of carbonyl (C=O) groups excluding carboxylic acids is 1. The van der Waals surface area contributed by atoms with Crippen molar-refractivity contribution >= 4 is 48.8 Å². The van der Waals surface area contributed by atoms with E-state index in [1.807, 2.05) is 5.32 Å². The number of halogens is 5. The molecule has 0 spiro atoms. The number of hydrogen-bond donors (Lipinski definition) is 1. The average molecular weight is 353 g/mol. The van der Waals surface area contributed by atoms with Gasteiger partial charge < -0.3 is 5.32 Å². The fourth-order valence-corrected chi connectivity index (χ4v) is 2.40. The van der Waals surface area contributed by atoms with Gasteiger partial charge in [-0.1, -0.05) is 23.2 Å². The molecule has 0 unspecified atom stereocenters. The maximum atomic E-state index is 12.0. The molecule has 0 heterocycles.